The van der Waals surface area contributed by atoms with Crippen LogP contribution >= 0.6 is 0 Å². The average Bonchev–Trinajstić information content (AvgIpc) is 2.74. The van der Waals surface area contributed by atoms with E-state index < -0.39 is 17.9 Å². The van der Waals surface area contributed by atoms with E-state index >= 15 is 0 Å². The van der Waals surface area contributed by atoms with E-state index in [1.165, 1.54) is 0 Å². The molecular weight excluding hydrogens is 368 g/mol. The summed E-state index contributed by atoms with van der Waals surface area (Å²) in [6, 6.07) is 13.1. The maximum atomic E-state index is 13.1. The quantitative estimate of drug-likeness (QED) is 0.757. The summed E-state index contributed by atoms with van der Waals surface area (Å²) in [7, 11) is 0. The van der Waals surface area contributed by atoms with Gasteiger partial charge in [0.1, 0.15) is 0 Å². The first-order valence-corrected chi connectivity index (χ1v) is 9.60. The monoisotopic (exact) mass is 392 g/mol. The van der Waals surface area contributed by atoms with Crippen molar-refractivity contribution in [2.24, 2.45) is 0 Å². The zero-order valence-electron chi connectivity index (χ0n) is 16.8. The Labute approximate surface area is 170 Å². The molecule has 1 N–H and O–H groups in total. The molecule has 0 saturated heterocycles. The highest BCUT2D eigenvalue weighted by Crippen LogP contribution is 2.41. The fourth-order valence-electron chi connectivity index (χ4n) is 3.45. The Bertz CT molecular complexity index is 949. The molecule has 1 atom stereocenters. The summed E-state index contributed by atoms with van der Waals surface area (Å²) in [6.45, 7) is 5.77. The van der Waals surface area contributed by atoms with E-state index in [1.54, 1.807) is 39.2 Å². The number of ether oxygens (including phenoxy) is 2. The number of dihydropyridines is 1. The van der Waals surface area contributed by atoms with E-state index in [-0.39, 0.29) is 13.2 Å². The number of aromatic nitrogens is 1. The third-order valence-corrected chi connectivity index (χ3v) is 4.63. The molecule has 0 amide bonds. The lowest BCUT2D eigenvalue weighted by atomic mass is 9.79. The first-order valence-electron chi connectivity index (χ1n) is 9.60. The smallest absolute Gasteiger partial charge is 0.337 e. The van der Waals surface area contributed by atoms with Crippen molar-refractivity contribution in [2.45, 2.75) is 26.7 Å². The molecule has 0 fully saturated rings. The van der Waals surface area contributed by atoms with Crippen molar-refractivity contribution >= 4 is 17.6 Å². The standard InChI is InChI=1S/C23H24N2O4/c1-4-28-22(26)18-15(3)25-21(16-10-7-6-8-11-16)20(23(27)29-5-2)19(18)17-12-9-13-24-14-17/h6-14,19,25H,4-5H2,1-3H3/t19-/m1/s1. The van der Waals surface area contributed by atoms with Gasteiger partial charge in [-0.15, -0.1) is 0 Å². The minimum Gasteiger partial charge on any atom is -0.463 e. The minimum absolute atomic E-state index is 0.224. The Balaban J connectivity index is 2.27. The lowest BCUT2D eigenvalue weighted by Gasteiger charge is -2.31. The van der Waals surface area contributed by atoms with Gasteiger partial charge in [0.25, 0.3) is 0 Å². The third-order valence-electron chi connectivity index (χ3n) is 4.63. The molecule has 1 aromatic carbocycles. The van der Waals surface area contributed by atoms with Gasteiger partial charge in [-0.05, 0) is 38.0 Å². The zero-order valence-corrected chi connectivity index (χ0v) is 16.8. The number of pyridine rings is 1. The molecule has 0 bridgehead atoms. The number of hydrogen-bond acceptors (Lipinski definition) is 6. The molecular formula is C23H24N2O4. The maximum Gasteiger partial charge on any atom is 0.337 e. The third kappa shape index (κ3) is 4.21. The fraction of sp³-hybridized carbons (Fsp3) is 0.261. The van der Waals surface area contributed by atoms with Gasteiger partial charge in [0.2, 0.25) is 0 Å². The summed E-state index contributed by atoms with van der Waals surface area (Å²) in [5.74, 6) is -1.61. The summed E-state index contributed by atoms with van der Waals surface area (Å²) in [5.41, 5.74) is 3.52. The number of nitrogens with one attached hydrogen (secondary N) is 1. The van der Waals surface area contributed by atoms with Gasteiger partial charge < -0.3 is 14.8 Å². The maximum absolute atomic E-state index is 13.1. The molecule has 3 rings (SSSR count). The topological polar surface area (TPSA) is 77.5 Å². The first kappa shape index (κ1) is 20.3. The average molecular weight is 392 g/mol. The number of carbonyl (C=O) groups excluding carboxylic acids is 2. The number of allylic oxidation sites excluding steroid dienone is 1. The Morgan fingerprint density at radius 3 is 2.21 bits per heavy atom. The number of rotatable bonds is 6. The van der Waals surface area contributed by atoms with E-state index in [4.69, 9.17) is 9.47 Å². The summed E-state index contributed by atoms with van der Waals surface area (Å²) in [5, 5.41) is 3.25. The van der Waals surface area contributed by atoms with Crippen LogP contribution < -0.4 is 5.32 Å². The second-order valence-corrected chi connectivity index (χ2v) is 6.48. The van der Waals surface area contributed by atoms with E-state index in [0.29, 0.717) is 28.1 Å². The van der Waals surface area contributed by atoms with Gasteiger partial charge in [-0.1, -0.05) is 36.4 Å². The van der Waals surface area contributed by atoms with Crippen LogP contribution in [0.1, 0.15) is 37.8 Å². The Kier molecular flexibility index (Phi) is 6.44. The van der Waals surface area contributed by atoms with Gasteiger partial charge in [-0.3, -0.25) is 4.98 Å². The van der Waals surface area contributed by atoms with Crippen molar-refractivity contribution in [3.63, 3.8) is 0 Å². The molecule has 29 heavy (non-hydrogen) atoms. The highest BCUT2D eigenvalue weighted by molar-refractivity contribution is 6.05. The molecule has 6 nitrogen and oxygen atoms in total. The van der Waals surface area contributed by atoms with Gasteiger partial charge in [0.05, 0.1) is 36.0 Å². The number of esters is 2. The molecule has 2 heterocycles. The van der Waals surface area contributed by atoms with E-state index in [2.05, 4.69) is 10.3 Å². The molecule has 1 aliphatic heterocycles. The molecule has 150 valence electrons. The van der Waals surface area contributed by atoms with E-state index in [9.17, 15) is 9.59 Å². The van der Waals surface area contributed by atoms with Crippen molar-refractivity contribution in [2.75, 3.05) is 13.2 Å². The van der Waals surface area contributed by atoms with Gasteiger partial charge in [0, 0.05) is 18.1 Å². The van der Waals surface area contributed by atoms with Gasteiger partial charge in [-0.25, -0.2) is 9.59 Å². The van der Waals surface area contributed by atoms with Crippen LogP contribution in [0.25, 0.3) is 5.70 Å². The van der Waals surface area contributed by atoms with Crippen LogP contribution in [0.5, 0.6) is 0 Å². The largest absolute Gasteiger partial charge is 0.463 e. The zero-order chi connectivity index (χ0) is 20.8. The van der Waals surface area contributed by atoms with Crippen LogP contribution in [-0.2, 0) is 19.1 Å². The van der Waals surface area contributed by atoms with Crippen LogP contribution in [0, 0.1) is 0 Å². The highest BCUT2D eigenvalue weighted by atomic mass is 16.5. The summed E-state index contributed by atoms with van der Waals surface area (Å²) >= 11 is 0. The van der Waals surface area contributed by atoms with Crippen LogP contribution in [0.2, 0.25) is 0 Å². The second kappa shape index (κ2) is 9.19. The molecule has 0 aliphatic carbocycles. The lowest BCUT2D eigenvalue weighted by molar-refractivity contribution is -0.139. The van der Waals surface area contributed by atoms with Crippen LogP contribution in [0.4, 0.5) is 0 Å². The van der Waals surface area contributed by atoms with Crippen molar-refractivity contribution < 1.29 is 19.1 Å². The predicted octanol–water partition coefficient (Wildman–Crippen LogP) is 3.58. The SMILES string of the molecule is CCOC(=O)C1=C(C)NC(c2ccccc2)=C(C(=O)OCC)[C@@H]1c1cccnc1. The second-order valence-electron chi connectivity index (χ2n) is 6.48. The molecule has 6 heteroatoms. The van der Waals surface area contributed by atoms with Gasteiger partial charge in [-0.2, -0.15) is 0 Å². The van der Waals surface area contributed by atoms with Crippen LogP contribution in [0.3, 0.4) is 0 Å². The first-order chi connectivity index (χ1) is 14.1. The number of carbonyl (C=O) groups is 2. The van der Waals surface area contributed by atoms with E-state index in [1.807, 2.05) is 36.4 Å². The molecule has 1 aromatic heterocycles. The van der Waals surface area contributed by atoms with Crippen molar-refractivity contribution in [3.8, 4) is 0 Å². The van der Waals surface area contributed by atoms with E-state index in [0.717, 1.165) is 5.56 Å². The number of nitrogens with zero attached hydrogens (tertiary/aromatic N) is 1. The van der Waals surface area contributed by atoms with Crippen molar-refractivity contribution in [1.29, 1.82) is 0 Å². The van der Waals surface area contributed by atoms with Crippen molar-refractivity contribution in [3.05, 3.63) is 82.8 Å². The molecule has 2 aromatic rings. The lowest BCUT2D eigenvalue weighted by Crippen LogP contribution is -2.32. The Morgan fingerprint density at radius 2 is 1.62 bits per heavy atom. The molecule has 0 spiro atoms. The number of hydrogen-bond donors (Lipinski definition) is 1. The highest BCUT2D eigenvalue weighted by Gasteiger charge is 2.39. The predicted molar refractivity (Wildman–Crippen MR) is 109 cm³/mol. The molecule has 1 aliphatic rings. The molecule has 0 unspecified atom stereocenters. The normalized spacial score (nSPS) is 16.3. The summed E-state index contributed by atoms with van der Waals surface area (Å²) in [4.78, 5) is 30.1. The van der Waals surface area contributed by atoms with Gasteiger partial charge in [0.15, 0.2) is 0 Å². The fourth-order valence-corrected chi connectivity index (χ4v) is 3.45. The van der Waals surface area contributed by atoms with Crippen LogP contribution in [-0.4, -0.2) is 30.1 Å². The van der Waals surface area contributed by atoms with Crippen molar-refractivity contribution in [1.82, 2.24) is 10.3 Å². The Morgan fingerprint density at radius 1 is 0.966 bits per heavy atom. The summed E-state index contributed by atoms with van der Waals surface area (Å²) < 4.78 is 10.7. The summed E-state index contributed by atoms with van der Waals surface area (Å²) in [6.07, 6.45) is 3.31. The Hall–Kier alpha value is -3.41. The molecule has 0 saturated carbocycles. The number of benzene rings is 1. The molecule has 0 radical (unpaired) electrons. The van der Waals surface area contributed by atoms with Gasteiger partial charge >= 0.3 is 11.9 Å². The van der Waals surface area contributed by atoms with Crippen LogP contribution in [0.15, 0.2) is 71.7 Å². The minimum atomic E-state index is -0.654.